The highest BCUT2D eigenvalue weighted by atomic mass is 16.1. The van der Waals surface area contributed by atoms with E-state index in [1.807, 2.05) is 13.8 Å². The summed E-state index contributed by atoms with van der Waals surface area (Å²) in [7, 11) is 4.23. The van der Waals surface area contributed by atoms with Crippen molar-refractivity contribution < 1.29 is 4.79 Å². The van der Waals surface area contributed by atoms with Gasteiger partial charge in [-0.2, -0.15) is 0 Å². The van der Waals surface area contributed by atoms with E-state index in [1.165, 1.54) is 16.8 Å². The number of allylic oxidation sites excluding steroid dienone is 1. The maximum atomic E-state index is 13.0. The van der Waals surface area contributed by atoms with E-state index in [4.69, 9.17) is 4.99 Å². The third-order valence-electron chi connectivity index (χ3n) is 6.72. The zero-order valence-electron chi connectivity index (χ0n) is 23.8. The quantitative estimate of drug-likeness (QED) is 0.262. The molecule has 1 atom stereocenters. The number of anilines is 1. The molecule has 6 heteroatoms. The van der Waals surface area contributed by atoms with Crippen LogP contribution in [0.25, 0.3) is 0 Å². The van der Waals surface area contributed by atoms with E-state index in [0.29, 0.717) is 17.3 Å². The first-order valence-electron chi connectivity index (χ1n) is 13.4. The number of nitrogens with zero attached hydrogens (tertiary/aromatic N) is 4. The van der Waals surface area contributed by atoms with Crippen molar-refractivity contribution in [2.24, 2.45) is 9.98 Å². The number of hydrogen-bond acceptors (Lipinski definition) is 5. The minimum absolute atomic E-state index is 0.123. The summed E-state index contributed by atoms with van der Waals surface area (Å²) in [5.74, 6) is 0.286. The molecular weight excluding hydrogens is 446 g/mol. The van der Waals surface area contributed by atoms with Gasteiger partial charge in [-0.05, 0) is 79.2 Å². The summed E-state index contributed by atoms with van der Waals surface area (Å²) in [6, 6.07) is 6.81. The third-order valence-corrected chi connectivity index (χ3v) is 6.72. The van der Waals surface area contributed by atoms with Gasteiger partial charge in [-0.3, -0.25) is 9.79 Å². The van der Waals surface area contributed by atoms with Crippen LogP contribution < -0.4 is 10.2 Å². The fourth-order valence-corrected chi connectivity index (χ4v) is 4.81. The van der Waals surface area contributed by atoms with Gasteiger partial charge in [0.2, 0.25) is 0 Å². The zero-order chi connectivity index (χ0) is 26.8. The molecule has 1 amide bonds. The van der Waals surface area contributed by atoms with Crippen LogP contribution in [0.15, 0.2) is 51.9 Å². The number of carbonyl (C=O) groups is 1. The normalized spacial score (nSPS) is 16.7. The Morgan fingerprint density at radius 1 is 1.25 bits per heavy atom. The Hall–Kier alpha value is -2.73. The van der Waals surface area contributed by atoms with Crippen LogP contribution in [0.2, 0.25) is 0 Å². The van der Waals surface area contributed by atoms with Gasteiger partial charge in [0.15, 0.2) is 0 Å². The van der Waals surface area contributed by atoms with Crippen LogP contribution in [0.5, 0.6) is 0 Å². The standard InChI is InChI=1S/C30H47N5O/c1-10-13-26(14-11-2)33-30(36)23(6)32-29(22(5)31-12-3)24(7)35-20-25(17-18-34(8)9)27-19-21(4)15-16-28(27)35/h12,15-16,19,25-26H,7,10-11,13-14,17-18,20H2,1-6,8-9H3,(H,33,36)/b29-22+,31-12-,32-23+. The molecule has 0 radical (unpaired) electrons. The van der Waals surface area contributed by atoms with Gasteiger partial charge in [-0.25, -0.2) is 4.99 Å². The molecule has 6 nitrogen and oxygen atoms in total. The molecule has 2 rings (SSSR count). The molecule has 0 saturated carbocycles. The van der Waals surface area contributed by atoms with Crippen LogP contribution in [-0.2, 0) is 4.79 Å². The van der Waals surface area contributed by atoms with E-state index < -0.39 is 0 Å². The van der Waals surface area contributed by atoms with Gasteiger partial charge in [0.05, 0.1) is 11.4 Å². The number of nitrogens with one attached hydrogen (secondary N) is 1. The zero-order valence-corrected chi connectivity index (χ0v) is 23.8. The lowest BCUT2D eigenvalue weighted by Crippen LogP contribution is -2.38. The molecule has 0 bridgehead atoms. The molecule has 1 N–H and O–H groups in total. The average molecular weight is 494 g/mol. The van der Waals surface area contributed by atoms with E-state index in [-0.39, 0.29) is 11.9 Å². The van der Waals surface area contributed by atoms with Crippen LogP contribution in [0.3, 0.4) is 0 Å². The van der Waals surface area contributed by atoms with Gasteiger partial charge in [0, 0.05) is 30.4 Å². The van der Waals surface area contributed by atoms with Gasteiger partial charge < -0.3 is 15.1 Å². The monoisotopic (exact) mass is 493 g/mol. The van der Waals surface area contributed by atoms with Crippen molar-refractivity contribution in [2.75, 3.05) is 32.1 Å². The third kappa shape index (κ3) is 7.89. The van der Waals surface area contributed by atoms with Crippen LogP contribution in [0.4, 0.5) is 5.69 Å². The smallest absolute Gasteiger partial charge is 0.265 e. The number of hydrogen-bond donors (Lipinski definition) is 1. The van der Waals surface area contributed by atoms with Crippen LogP contribution in [0.1, 0.15) is 83.8 Å². The molecule has 1 unspecified atom stereocenters. The number of aliphatic imine (C=N–C) groups is 2. The average Bonchev–Trinajstić information content (AvgIpc) is 3.18. The van der Waals surface area contributed by atoms with Gasteiger partial charge in [-0.1, -0.05) is 51.0 Å². The predicted octanol–water partition coefficient (Wildman–Crippen LogP) is 6.23. The molecule has 1 aliphatic rings. The van der Waals surface area contributed by atoms with Gasteiger partial charge >= 0.3 is 0 Å². The maximum Gasteiger partial charge on any atom is 0.265 e. The summed E-state index contributed by atoms with van der Waals surface area (Å²) in [5, 5.41) is 3.18. The molecular formula is C30H47N5O. The van der Waals surface area contributed by atoms with E-state index in [9.17, 15) is 4.79 Å². The first-order valence-corrected chi connectivity index (χ1v) is 13.4. The summed E-state index contributed by atoms with van der Waals surface area (Å²) in [6.45, 7) is 18.4. The minimum Gasteiger partial charge on any atom is -0.348 e. The van der Waals surface area contributed by atoms with Crippen molar-refractivity contribution >= 4 is 23.5 Å². The molecule has 1 aromatic carbocycles. The van der Waals surface area contributed by atoms with Gasteiger partial charge in [0.1, 0.15) is 11.4 Å². The Morgan fingerprint density at radius 2 is 1.92 bits per heavy atom. The molecule has 0 spiro atoms. The number of benzene rings is 1. The number of amides is 1. The summed E-state index contributed by atoms with van der Waals surface area (Å²) < 4.78 is 0. The summed E-state index contributed by atoms with van der Waals surface area (Å²) in [6.07, 6.45) is 6.85. The van der Waals surface area contributed by atoms with E-state index in [2.05, 4.69) is 79.8 Å². The van der Waals surface area contributed by atoms with Gasteiger partial charge in [-0.15, -0.1) is 0 Å². The second-order valence-electron chi connectivity index (χ2n) is 10.2. The summed E-state index contributed by atoms with van der Waals surface area (Å²) in [5.41, 5.74) is 6.40. The minimum atomic E-state index is -0.123. The van der Waals surface area contributed by atoms with Crippen molar-refractivity contribution in [1.29, 1.82) is 0 Å². The molecule has 1 aliphatic heterocycles. The largest absolute Gasteiger partial charge is 0.348 e. The molecule has 36 heavy (non-hydrogen) atoms. The van der Waals surface area contributed by atoms with Crippen molar-refractivity contribution in [1.82, 2.24) is 10.2 Å². The Balaban J connectivity index is 2.40. The molecule has 0 fully saturated rings. The van der Waals surface area contributed by atoms with Crippen LogP contribution in [-0.4, -0.2) is 56.0 Å². The number of aryl methyl sites for hydroxylation is 1. The lowest BCUT2D eigenvalue weighted by Gasteiger charge is -2.24. The Kier molecular flexibility index (Phi) is 11.6. The Morgan fingerprint density at radius 3 is 2.50 bits per heavy atom. The van der Waals surface area contributed by atoms with Crippen LogP contribution >= 0.6 is 0 Å². The SMILES string of the molecule is C=C(C(/N=C(\C)C(=O)NC(CCC)CCC)=C(C)\N=C/C)N1CC(CCN(C)C)c2cc(C)ccc21. The second kappa shape index (κ2) is 14.1. The topological polar surface area (TPSA) is 60.3 Å². The summed E-state index contributed by atoms with van der Waals surface area (Å²) in [4.78, 5) is 26.9. The fraction of sp³-hybridized carbons (Fsp3) is 0.567. The van der Waals surface area contributed by atoms with E-state index in [0.717, 1.165) is 56.6 Å². The van der Waals surface area contributed by atoms with E-state index in [1.54, 1.807) is 13.1 Å². The van der Waals surface area contributed by atoms with Crippen molar-refractivity contribution in [3.8, 4) is 0 Å². The molecule has 1 aromatic rings. The molecule has 0 saturated heterocycles. The molecule has 0 aliphatic carbocycles. The second-order valence-corrected chi connectivity index (χ2v) is 10.2. The van der Waals surface area contributed by atoms with Crippen molar-refractivity contribution in [2.45, 2.75) is 85.6 Å². The highest BCUT2D eigenvalue weighted by molar-refractivity contribution is 6.38. The van der Waals surface area contributed by atoms with Crippen LogP contribution in [0, 0.1) is 6.92 Å². The first-order chi connectivity index (χ1) is 17.1. The Labute approximate surface area is 219 Å². The molecule has 0 aromatic heterocycles. The lowest BCUT2D eigenvalue weighted by molar-refractivity contribution is -0.115. The van der Waals surface area contributed by atoms with E-state index >= 15 is 0 Å². The highest BCUT2D eigenvalue weighted by Gasteiger charge is 2.31. The lowest BCUT2D eigenvalue weighted by atomic mass is 9.96. The Bertz CT molecular complexity index is 999. The fourth-order valence-electron chi connectivity index (χ4n) is 4.81. The predicted molar refractivity (Wildman–Crippen MR) is 155 cm³/mol. The van der Waals surface area contributed by atoms with Crippen molar-refractivity contribution in [3.63, 3.8) is 0 Å². The number of rotatable bonds is 13. The van der Waals surface area contributed by atoms with Gasteiger partial charge in [0.25, 0.3) is 5.91 Å². The van der Waals surface area contributed by atoms with Crippen molar-refractivity contribution in [3.05, 3.63) is 53.0 Å². The molecule has 1 heterocycles. The number of carbonyl (C=O) groups excluding carboxylic acids is 1. The first kappa shape index (κ1) is 29.5. The maximum absolute atomic E-state index is 13.0. The summed E-state index contributed by atoms with van der Waals surface area (Å²) >= 11 is 0. The molecule has 198 valence electrons. The number of fused-ring (bicyclic) bond motifs is 1. The highest BCUT2D eigenvalue weighted by Crippen LogP contribution is 2.42.